The molecule has 19 heavy (non-hydrogen) atoms. The van der Waals surface area contributed by atoms with Crippen LogP contribution in [0, 0.1) is 0 Å². The van der Waals surface area contributed by atoms with Gasteiger partial charge in [-0.25, -0.2) is 0 Å². The van der Waals surface area contributed by atoms with Crippen molar-refractivity contribution in [3.05, 3.63) is 41.6 Å². The molecule has 0 saturated carbocycles. The van der Waals surface area contributed by atoms with Crippen molar-refractivity contribution in [2.45, 2.75) is 19.8 Å². The number of unbranched alkanes of at least 4 members (excludes halogenated alkanes) is 1. The number of fused-ring (bicyclic) bond motifs is 2. The van der Waals surface area contributed by atoms with E-state index in [-0.39, 0.29) is 11.8 Å². The fourth-order valence-electron chi connectivity index (χ4n) is 2.38. The van der Waals surface area contributed by atoms with Crippen LogP contribution in [-0.2, 0) is 0 Å². The van der Waals surface area contributed by atoms with Crippen molar-refractivity contribution in [2.75, 3.05) is 6.54 Å². The number of amides is 2. The zero-order valence-corrected chi connectivity index (χ0v) is 10.7. The molecule has 1 aliphatic rings. The van der Waals surface area contributed by atoms with E-state index in [4.69, 9.17) is 0 Å². The van der Waals surface area contributed by atoms with Crippen molar-refractivity contribution in [1.29, 1.82) is 0 Å². The highest BCUT2D eigenvalue weighted by Crippen LogP contribution is 2.27. The number of hydrogen-bond donors (Lipinski definition) is 0. The summed E-state index contributed by atoms with van der Waals surface area (Å²) in [5.41, 5.74) is 1.73. The lowest BCUT2D eigenvalue weighted by atomic mass is 10.1. The van der Waals surface area contributed by atoms with E-state index in [9.17, 15) is 9.59 Å². The predicted molar refractivity (Wildman–Crippen MR) is 72.0 cm³/mol. The Balaban J connectivity index is 2.08. The van der Waals surface area contributed by atoms with Crippen molar-refractivity contribution in [3.63, 3.8) is 0 Å². The lowest BCUT2D eigenvalue weighted by molar-refractivity contribution is 0.0652. The van der Waals surface area contributed by atoms with Gasteiger partial charge in [0, 0.05) is 18.1 Å². The molecule has 4 heteroatoms. The van der Waals surface area contributed by atoms with E-state index < -0.39 is 0 Å². The smallest absolute Gasteiger partial charge is 0.261 e. The van der Waals surface area contributed by atoms with Crippen LogP contribution in [0.25, 0.3) is 10.9 Å². The molecule has 0 saturated heterocycles. The molecule has 3 rings (SSSR count). The maximum Gasteiger partial charge on any atom is 0.261 e. The number of aromatic nitrogens is 1. The maximum absolute atomic E-state index is 12.2. The Morgan fingerprint density at radius 3 is 2.63 bits per heavy atom. The number of benzene rings is 1. The number of nitrogens with zero attached hydrogens (tertiary/aromatic N) is 2. The van der Waals surface area contributed by atoms with Gasteiger partial charge in [0.05, 0.1) is 16.6 Å². The second-order valence-electron chi connectivity index (χ2n) is 4.71. The Bertz CT molecular complexity index is 624. The summed E-state index contributed by atoms with van der Waals surface area (Å²) in [6, 6.07) is 7.21. The van der Waals surface area contributed by atoms with Crippen LogP contribution in [-0.4, -0.2) is 28.2 Å². The SMILES string of the molecule is CCCCN1C(=O)c2cc3cccnc3cc2C1=O. The first kappa shape index (κ1) is 11.8. The van der Waals surface area contributed by atoms with E-state index in [1.54, 1.807) is 18.3 Å². The van der Waals surface area contributed by atoms with E-state index in [0.717, 1.165) is 23.7 Å². The van der Waals surface area contributed by atoms with Gasteiger partial charge in [0.2, 0.25) is 0 Å². The second kappa shape index (κ2) is 4.46. The van der Waals surface area contributed by atoms with E-state index in [0.29, 0.717) is 17.7 Å². The van der Waals surface area contributed by atoms with Crippen molar-refractivity contribution in [1.82, 2.24) is 9.88 Å². The minimum Gasteiger partial charge on any atom is -0.274 e. The predicted octanol–water partition coefficient (Wildman–Crippen LogP) is 2.63. The Hall–Kier alpha value is -2.23. The van der Waals surface area contributed by atoms with Crippen LogP contribution in [0.1, 0.15) is 40.5 Å². The number of pyridine rings is 1. The largest absolute Gasteiger partial charge is 0.274 e. The minimum absolute atomic E-state index is 0.181. The molecule has 0 aliphatic carbocycles. The number of rotatable bonds is 3. The molecule has 96 valence electrons. The molecule has 0 radical (unpaired) electrons. The number of carbonyl (C=O) groups excluding carboxylic acids is 2. The van der Waals surface area contributed by atoms with Crippen LogP contribution < -0.4 is 0 Å². The van der Waals surface area contributed by atoms with Crippen molar-refractivity contribution in [3.8, 4) is 0 Å². The summed E-state index contributed by atoms with van der Waals surface area (Å²) in [7, 11) is 0. The van der Waals surface area contributed by atoms with E-state index in [2.05, 4.69) is 4.98 Å². The minimum atomic E-state index is -0.194. The van der Waals surface area contributed by atoms with Gasteiger partial charge in [0.15, 0.2) is 0 Å². The first-order valence-corrected chi connectivity index (χ1v) is 6.47. The number of imide groups is 1. The topological polar surface area (TPSA) is 50.3 Å². The Morgan fingerprint density at radius 1 is 1.16 bits per heavy atom. The fraction of sp³-hybridized carbons (Fsp3) is 0.267. The van der Waals surface area contributed by atoms with Gasteiger partial charge in [-0.05, 0) is 24.6 Å². The van der Waals surface area contributed by atoms with Crippen LogP contribution in [0.15, 0.2) is 30.5 Å². The quantitative estimate of drug-likeness (QED) is 0.791. The Kier molecular flexibility index (Phi) is 2.78. The van der Waals surface area contributed by atoms with Crippen LogP contribution >= 0.6 is 0 Å². The molecule has 1 aliphatic heterocycles. The summed E-state index contributed by atoms with van der Waals surface area (Å²) in [5.74, 6) is -0.375. The Morgan fingerprint density at radius 2 is 1.89 bits per heavy atom. The standard InChI is InChI=1S/C15H14N2O2/c1-2-3-7-17-14(18)11-8-10-5-4-6-16-13(10)9-12(11)15(17)19/h4-6,8-9H,2-3,7H2,1H3. The molecule has 0 fully saturated rings. The molecular weight excluding hydrogens is 240 g/mol. The fourth-order valence-corrected chi connectivity index (χ4v) is 2.38. The van der Waals surface area contributed by atoms with Gasteiger partial charge >= 0.3 is 0 Å². The Labute approximate surface area is 111 Å². The number of hydrogen-bond acceptors (Lipinski definition) is 3. The first-order chi connectivity index (χ1) is 9.22. The highest BCUT2D eigenvalue weighted by molar-refractivity contribution is 6.22. The van der Waals surface area contributed by atoms with E-state index >= 15 is 0 Å². The zero-order chi connectivity index (χ0) is 13.4. The highest BCUT2D eigenvalue weighted by atomic mass is 16.2. The van der Waals surface area contributed by atoms with Gasteiger partial charge in [-0.3, -0.25) is 19.5 Å². The second-order valence-corrected chi connectivity index (χ2v) is 4.71. The zero-order valence-electron chi connectivity index (χ0n) is 10.7. The third-order valence-electron chi connectivity index (χ3n) is 3.43. The van der Waals surface area contributed by atoms with Gasteiger partial charge in [0.25, 0.3) is 11.8 Å². The van der Waals surface area contributed by atoms with Crippen LogP contribution in [0.4, 0.5) is 0 Å². The molecule has 0 spiro atoms. The molecule has 4 nitrogen and oxygen atoms in total. The monoisotopic (exact) mass is 254 g/mol. The average molecular weight is 254 g/mol. The molecule has 2 heterocycles. The highest BCUT2D eigenvalue weighted by Gasteiger charge is 2.35. The molecule has 2 aromatic rings. The molecule has 0 N–H and O–H groups in total. The first-order valence-electron chi connectivity index (χ1n) is 6.47. The molecule has 1 aromatic carbocycles. The summed E-state index contributed by atoms with van der Waals surface area (Å²) in [5, 5.41) is 0.889. The summed E-state index contributed by atoms with van der Waals surface area (Å²) < 4.78 is 0. The van der Waals surface area contributed by atoms with Gasteiger partial charge in [-0.2, -0.15) is 0 Å². The summed E-state index contributed by atoms with van der Waals surface area (Å²) in [4.78, 5) is 30.0. The molecule has 2 amide bonds. The normalized spacial score (nSPS) is 14.3. The van der Waals surface area contributed by atoms with Gasteiger partial charge in [0.1, 0.15) is 0 Å². The summed E-state index contributed by atoms with van der Waals surface area (Å²) in [6.45, 7) is 2.53. The number of carbonyl (C=O) groups is 2. The van der Waals surface area contributed by atoms with Crippen LogP contribution in [0.3, 0.4) is 0 Å². The van der Waals surface area contributed by atoms with Gasteiger partial charge in [-0.15, -0.1) is 0 Å². The van der Waals surface area contributed by atoms with Crippen molar-refractivity contribution >= 4 is 22.7 Å². The molecular formula is C15H14N2O2. The van der Waals surface area contributed by atoms with Crippen molar-refractivity contribution < 1.29 is 9.59 Å². The van der Waals surface area contributed by atoms with Crippen molar-refractivity contribution in [2.24, 2.45) is 0 Å². The van der Waals surface area contributed by atoms with E-state index in [1.807, 2.05) is 19.1 Å². The molecule has 1 aromatic heterocycles. The van der Waals surface area contributed by atoms with Crippen LogP contribution in [0.2, 0.25) is 0 Å². The van der Waals surface area contributed by atoms with Gasteiger partial charge < -0.3 is 0 Å². The maximum atomic E-state index is 12.2. The molecule has 0 unspecified atom stereocenters. The average Bonchev–Trinajstić information content (AvgIpc) is 2.67. The lowest BCUT2D eigenvalue weighted by Gasteiger charge is -2.12. The lowest BCUT2D eigenvalue weighted by Crippen LogP contribution is -2.30. The molecule has 0 atom stereocenters. The summed E-state index contributed by atoms with van der Waals surface area (Å²) in [6.07, 6.45) is 3.48. The van der Waals surface area contributed by atoms with Gasteiger partial charge in [-0.1, -0.05) is 19.4 Å². The third-order valence-corrected chi connectivity index (χ3v) is 3.43. The summed E-state index contributed by atoms with van der Waals surface area (Å²) >= 11 is 0. The third kappa shape index (κ3) is 1.80. The van der Waals surface area contributed by atoms with E-state index in [1.165, 1.54) is 4.90 Å². The van der Waals surface area contributed by atoms with Crippen LogP contribution in [0.5, 0.6) is 0 Å². The molecule has 0 bridgehead atoms.